The van der Waals surface area contributed by atoms with Crippen molar-refractivity contribution in [1.29, 1.82) is 0 Å². The summed E-state index contributed by atoms with van der Waals surface area (Å²) in [5.74, 6) is -0.0185. The van der Waals surface area contributed by atoms with E-state index in [0.29, 0.717) is 11.4 Å². The molecule has 1 heterocycles. The Kier molecular flexibility index (Phi) is 6.20. The highest BCUT2D eigenvalue weighted by atomic mass is 32.2. The molecule has 0 atom stereocenters. The number of pyridine rings is 1. The van der Waals surface area contributed by atoms with Gasteiger partial charge in [0.1, 0.15) is 5.75 Å². The van der Waals surface area contributed by atoms with Crippen LogP contribution in [0.1, 0.15) is 5.69 Å². The lowest BCUT2D eigenvalue weighted by molar-refractivity contribution is -0.121. The molecule has 0 saturated heterocycles. The quantitative estimate of drug-likeness (QED) is 0.581. The summed E-state index contributed by atoms with van der Waals surface area (Å²) in [5.41, 5.74) is 2.84. The van der Waals surface area contributed by atoms with Crippen LogP contribution in [-0.2, 0) is 14.8 Å². The van der Waals surface area contributed by atoms with E-state index in [1.54, 1.807) is 24.4 Å². The Morgan fingerprint density at radius 2 is 2.00 bits per heavy atom. The van der Waals surface area contributed by atoms with Crippen LogP contribution in [0.2, 0.25) is 0 Å². The van der Waals surface area contributed by atoms with E-state index < -0.39 is 15.9 Å². The standard InChI is InChI=1S/C16H18N4O4S/c1-20(25(22,23)15-8-6-14(24-2)7-9-15)12-16(21)19-18-11-13-5-3-4-10-17-13/h3-11H,12H2,1-2H3,(H,19,21)/b18-11-. The van der Waals surface area contributed by atoms with Crippen LogP contribution in [0, 0.1) is 0 Å². The molecule has 1 N–H and O–H groups in total. The molecular formula is C16H18N4O4S. The van der Waals surface area contributed by atoms with Gasteiger partial charge in [0.2, 0.25) is 10.0 Å². The second-order valence-corrected chi connectivity index (χ2v) is 7.03. The Morgan fingerprint density at radius 3 is 2.60 bits per heavy atom. The third kappa shape index (κ3) is 5.10. The summed E-state index contributed by atoms with van der Waals surface area (Å²) in [7, 11) is -0.971. The molecule has 0 aliphatic rings. The Labute approximate surface area is 146 Å². The van der Waals surface area contributed by atoms with E-state index in [0.717, 1.165) is 4.31 Å². The molecule has 0 unspecified atom stereocenters. The molecule has 1 aromatic heterocycles. The van der Waals surface area contributed by atoms with Crippen molar-refractivity contribution >= 4 is 22.1 Å². The Hall–Kier alpha value is -2.78. The molecule has 8 nitrogen and oxygen atoms in total. The van der Waals surface area contributed by atoms with Gasteiger partial charge in [0, 0.05) is 13.2 Å². The number of carbonyl (C=O) groups excluding carboxylic acids is 1. The lowest BCUT2D eigenvalue weighted by Gasteiger charge is -2.16. The molecule has 0 aliphatic heterocycles. The average molecular weight is 362 g/mol. The van der Waals surface area contributed by atoms with Gasteiger partial charge in [-0.3, -0.25) is 9.78 Å². The Morgan fingerprint density at radius 1 is 1.28 bits per heavy atom. The Bertz CT molecular complexity index is 836. The van der Waals surface area contributed by atoms with Gasteiger partial charge in [0.05, 0.1) is 30.5 Å². The molecule has 0 aliphatic carbocycles. The van der Waals surface area contributed by atoms with Crippen LogP contribution in [0.4, 0.5) is 0 Å². The molecule has 1 aromatic carbocycles. The molecule has 0 radical (unpaired) electrons. The van der Waals surface area contributed by atoms with Crippen molar-refractivity contribution < 1.29 is 17.9 Å². The summed E-state index contributed by atoms with van der Waals surface area (Å²) < 4.78 is 30.8. The van der Waals surface area contributed by atoms with Gasteiger partial charge in [0.15, 0.2) is 0 Å². The van der Waals surface area contributed by atoms with Crippen molar-refractivity contribution in [3.63, 3.8) is 0 Å². The highest BCUT2D eigenvalue weighted by molar-refractivity contribution is 7.89. The number of methoxy groups -OCH3 is 1. The number of sulfonamides is 1. The number of ether oxygens (including phenoxy) is 1. The molecule has 9 heteroatoms. The second-order valence-electron chi connectivity index (χ2n) is 4.98. The van der Waals surface area contributed by atoms with Gasteiger partial charge < -0.3 is 4.74 Å². The van der Waals surface area contributed by atoms with E-state index in [1.165, 1.54) is 44.6 Å². The summed E-state index contributed by atoms with van der Waals surface area (Å²) in [5, 5.41) is 3.75. The van der Waals surface area contributed by atoms with Crippen molar-refractivity contribution in [3.8, 4) is 5.75 Å². The van der Waals surface area contributed by atoms with Gasteiger partial charge in [-0.05, 0) is 36.4 Å². The molecule has 132 valence electrons. The zero-order valence-corrected chi connectivity index (χ0v) is 14.6. The zero-order chi connectivity index (χ0) is 18.3. The fourth-order valence-corrected chi connectivity index (χ4v) is 3.00. The minimum Gasteiger partial charge on any atom is -0.497 e. The van der Waals surface area contributed by atoms with Gasteiger partial charge in [-0.2, -0.15) is 9.41 Å². The van der Waals surface area contributed by atoms with Crippen LogP contribution in [0.3, 0.4) is 0 Å². The molecule has 1 amide bonds. The molecule has 2 aromatic rings. The number of carbonyl (C=O) groups is 1. The predicted molar refractivity (Wildman–Crippen MR) is 92.8 cm³/mol. The lowest BCUT2D eigenvalue weighted by Crippen LogP contribution is -2.36. The number of aromatic nitrogens is 1. The Balaban J connectivity index is 1.96. The maximum atomic E-state index is 12.4. The fourth-order valence-electron chi connectivity index (χ4n) is 1.87. The molecule has 0 fully saturated rings. The highest BCUT2D eigenvalue weighted by Gasteiger charge is 2.22. The van der Waals surface area contributed by atoms with Gasteiger partial charge in [-0.1, -0.05) is 6.07 Å². The number of hydrazone groups is 1. The number of rotatable bonds is 7. The third-order valence-corrected chi connectivity index (χ3v) is 5.03. The number of likely N-dealkylation sites (N-methyl/N-ethyl adjacent to an activating group) is 1. The van der Waals surface area contributed by atoms with E-state index in [4.69, 9.17) is 4.74 Å². The minimum atomic E-state index is -3.78. The van der Waals surface area contributed by atoms with Crippen LogP contribution in [0.25, 0.3) is 0 Å². The predicted octanol–water partition coefficient (Wildman–Crippen LogP) is 0.861. The van der Waals surface area contributed by atoms with E-state index in [-0.39, 0.29) is 11.4 Å². The minimum absolute atomic E-state index is 0.0700. The zero-order valence-electron chi connectivity index (χ0n) is 13.8. The third-order valence-electron chi connectivity index (χ3n) is 3.21. The first-order chi connectivity index (χ1) is 11.9. The number of amides is 1. The van der Waals surface area contributed by atoms with Crippen LogP contribution in [-0.4, -0.2) is 50.5 Å². The van der Waals surface area contributed by atoms with Gasteiger partial charge >= 0.3 is 0 Å². The summed E-state index contributed by atoms with van der Waals surface area (Å²) in [4.78, 5) is 15.9. The van der Waals surface area contributed by atoms with Gasteiger partial charge in [0.25, 0.3) is 5.91 Å². The highest BCUT2D eigenvalue weighted by Crippen LogP contribution is 2.18. The number of nitrogens with one attached hydrogen (secondary N) is 1. The monoisotopic (exact) mass is 362 g/mol. The van der Waals surface area contributed by atoms with E-state index in [9.17, 15) is 13.2 Å². The SMILES string of the molecule is COc1ccc(S(=O)(=O)N(C)CC(=O)N/N=C\c2ccccn2)cc1. The van der Waals surface area contributed by atoms with Crippen LogP contribution in [0.15, 0.2) is 58.7 Å². The fraction of sp³-hybridized carbons (Fsp3) is 0.188. The molecule has 25 heavy (non-hydrogen) atoms. The molecule has 2 rings (SSSR count). The van der Waals surface area contributed by atoms with E-state index in [2.05, 4.69) is 15.5 Å². The van der Waals surface area contributed by atoms with Crippen LogP contribution < -0.4 is 10.2 Å². The summed E-state index contributed by atoms with van der Waals surface area (Å²) >= 11 is 0. The first-order valence-corrected chi connectivity index (χ1v) is 8.71. The number of hydrogen-bond acceptors (Lipinski definition) is 6. The first-order valence-electron chi connectivity index (χ1n) is 7.27. The van der Waals surface area contributed by atoms with Crippen LogP contribution in [0.5, 0.6) is 5.75 Å². The summed E-state index contributed by atoms with van der Waals surface area (Å²) in [6.45, 7) is -0.367. The molecule has 0 saturated carbocycles. The molecule has 0 spiro atoms. The van der Waals surface area contributed by atoms with Crippen molar-refractivity contribution in [1.82, 2.24) is 14.7 Å². The van der Waals surface area contributed by atoms with Gasteiger partial charge in [-0.25, -0.2) is 13.8 Å². The van der Waals surface area contributed by atoms with Crippen LogP contribution >= 0.6 is 0 Å². The first kappa shape index (κ1) is 18.6. The normalized spacial score (nSPS) is 11.6. The molecular weight excluding hydrogens is 344 g/mol. The van der Waals surface area contributed by atoms with Crippen molar-refractivity contribution in [3.05, 3.63) is 54.4 Å². The van der Waals surface area contributed by atoms with Crippen molar-refractivity contribution in [2.45, 2.75) is 4.90 Å². The number of benzene rings is 1. The van der Waals surface area contributed by atoms with E-state index >= 15 is 0 Å². The number of nitrogens with zero attached hydrogens (tertiary/aromatic N) is 3. The maximum Gasteiger partial charge on any atom is 0.255 e. The average Bonchev–Trinajstić information content (AvgIpc) is 2.62. The summed E-state index contributed by atoms with van der Waals surface area (Å²) in [6, 6.07) is 11.2. The second kappa shape index (κ2) is 8.36. The number of hydrogen-bond donors (Lipinski definition) is 1. The largest absolute Gasteiger partial charge is 0.497 e. The van der Waals surface area contributed by atoms with E-state index in [1.807, 2.05) is 0 Å². The summed E-state index contributed by atoms with van der Waals surface area (Å²) in [6.07, 6.45) is 2.97. The van der Waals surface area contributed by atoms with Crippen molar-refractivity contribution in [2.24, 2.45) is 5.10 Å². The van der Waals surface area contributed by atoms with Crippen molar-refractivity contribution in [2.75, 3.05) is 20.7 Å². The topological polar surface area (TPSA) is 101 Å². The smallest absolute Gasteiger partial charge is 0.255 e. The van der Waals surface area contributed by atoms with Gasteiger partial charge in [-0.15, -0.1) is 0 Å². The lowest BCUT2D eigenvalue weighted by atomic mass is 10.3. The molecule has 0 bridgehead atoms. The maximum absolute atomic E-state index is 12.4.